The first-order chi connectivity index (χ1) is 6.24. The number of esters is 1. The normalized spacial score (nSPS) is 11.3. The number of ether oxygens (including phenoxy) is 1. The molecule has 0 aliphatic carbocycles. The molecule has 0 spiro atoms. The number of carbonyl (C=O) groups excluding carboxylic acids is 1. The van der Waals surface area contributed by atoms with Crippen molar-refractivity contribution in [2.24, 2.45) is 5.73 Å². The van der Waals surface area contributed by atoms with Crippen molar-refractivity contribution in [2.45, 2.75) is 13.0 Å². The van der Waals surface area contributed by atoms with E-state index >= 15 is 0 Å². The third-order valence-corrected chi connectivity index (χ3v) is 1.69. The van der Waals surface area contributed by atoms with Crippen molar-refractivity contribution in [1.82, 2.24) is 0 Å². The first-order valence-corrected chi connectivity index (χ1v) is 4.16. The van der Waals surface area contributed by atoms with E-state index in [9.17, 15) is 4.79 Å². The molecule has 0 radical (unpaired) electrons. The lowest BCUT2D eigenvalue weighted by Gasteiger charge is -2.14. The van der Waals surface area contributed by atoms with Gasteiger partial charge in [-0.25, -0.2) is 0 Å². The molecule has 3 nitrogen and oxygen atoms in total. The molecule has 0 fully saturated rings. The van der Waals surface area contributed by atoms with Crippen LogP contribution in [0.3, 0.4) is 0 Å². The van der Waals surface area contributed by atoms with E-state index in [4.69, 9.17) is 10.5 Å². The van der Waals surface area contributed by atoms with E-state index in [1.165, 1.54) is 6.92 Å². The number of halogens is 1. The predicted molar refractivity (Wildman–Crippen MR) is 57.3 cm³/mol. The van der Waals surface area contributed by atoms with Gasteiger partial charge in [0.2, 0.25) is 0 Å². The summed E-state index contributed by atoms with van der Waals surface area (Å²) in [5, 5.41) is 0. The van der Waals surface area contributed by atoms with Crippen molar-refractivity contribution >= 4 is 18.4 Å². The number of carbonyl (C=O) groups is 1. The molecular formula is C10H14ClNO2. The minimum absolute atomic E-state index is 0. The number of hydrogen-bond donors (Lipinski definition) is 1. The van der Waals surface area contributed by atoms with Crippen molar-refractivity contribution in [3.8, 4) is 0 Å². The molecule has 78 valence electrons. The molecule has 2 N–H and O–H groups in total. The highest BCUT2D eigenvalue weighted by atomic mass is 35.5. The average molecular weight is 216 g/mol. The molecule has 0 amide bonds. The molecule has 0 aromatic heterocycles. The fraction of sp³-hybridized carbons (Fsp3) is 0.300. The van der Waals surface area contributed by atoms with Gasteiger partial charge in [-0.1, -0.05) is 30.3 Å². The van der Waals surface area contributed by atoms with Gasteiger partial charge in [-0.15, -0.1) is 12.4 Å². The second-order valence-electron chi connectivity index (χ2n) is 2.74. The number of rotatable bonds is 3. The largest absolute Gasteiger partial charge is 0.456 e. The van der Waals surface area contributed by atoms with Crippen LogP contribution in [0.1, 0.15) is 18.6 Å². The monoisotopic (exact) mass is 215 g/mol. The van der Waals surface area contributed by atoms with Gasteiger partial charge in [-0.2, -0.15) is 0 Å². The van der Waals surface area contributed by atoms with E-state index in [0.717, 1.165) is 5.56 Å². The zero-order valence-electron chi connectivity index (χ0n) is 7.97. The fourth-order valence-electron chi connectivity index (χ4n) is 1.12. The Bertz CT molecular complexity index is 277. The lowest BCUT2D eigenvalue weighted by Crippen LogP contribution is -2.17. The molecule has 1 unspecified atom stereocenters. The van der Waals surface area contributed by atoms with E-state index in [1.54, 1.807) is 0 Å². The molecule has 1 rings (SSSR count). The lowest BCUT2D eigenvalue weighted by molar-refractivity contribution is -0.146. The molecule has 1 aromatic carbocycles. The quantitative estimate of drug-likeness (QED) is 0.781. The Labute approximate surface area is 89.7 Å². The van der Waals surface area contributed by atoms with Gasteiger partial charge >= 0.3 is 5.97 Å². The first kappa shape index (κ1) is 12.9. The van der Waals surface area contributed by atoms with E-state index < -0.39 is 0 Å². The molecule has 14 heavy (non-hydrogen) atoms. The van der Waals surface area contributed by atoms with Gasteiger partial charge in [0.1, 0.15) is 6.10 Å². The Hall–Kier alpha value is -1.06. The molecule has 1 atom stereocenters. The molecule has 4 heteroatoms. The zero-order chi connectivity index (χ0) is 9.68. The minimum atomic E-state index is -0.321. The highest BCUT2D eigenvalue weighted by Gasteiger charge is 2.11. The van der Waals surface area contributed by atoms with Gasteiger partial charge in [0.25, 0.3) is 0 Å². The Balaban J connectivity index is 0.00000169. The molecular weight excluding hydrogens is 202 g/mol. The Kier molecular flexibility index (Phi) is 5.92. The summed E-state index contributed by atoms with van der Waals surface area (Å²) in [7, 11) is 0. The van der Waals surface area contributed by atoms with E-state index in [-0.39, 0.29) is 24.5 Å². The third kappa shape index (κ3) is 3.77. The fourth-order valence-corrected chi connectivity index (χ4v) is 1.12. The predicted octanol–water partition coefficient (Wildman–Crippen LogP) is 1.67. The van der Waals surface area contributed by atoms with Crippen molar-refractivity contribution in [2.75, 3.05) is 6.54 Å². The van der Waals surface area contributed by atoms with Gasteiger partial charge < -0.3 is 10.5 Å². The standard InChI is InChI=1S/C10H13NO2.ClH/c1-8(12)13-10(7-11)9-5-3-2-4-6-9;/h2-6,10H,7,11H2,1H3;1H. The summed E-state index contributed by atoms with van der Waals surface area (Å²) < 4.78 is 5.02. The second-order valence-corrected chi connectivity index (χ2v) is 2.74. The molecule has 0 saturated heterocycles. The maximum Gasteiger partial charge on any atom is 0.303 e. The first-order valence-electron chi connectivity index (χ1n) is 4.16. The topological polar surface area (TPSA) is 52.3 Å². The molecule has 0 bridgehead atoms. The number of nitrogens with two attached hydrogens (primary N) is 1. The summed E-state index contributed by atoms with van der Waals surface area (Å²) in [4.78, 5) is 10.7. The molecule has 0 heterocycles. The molecule has 1 aromatic rings. The van der Waals surface area contributed by atoms with Crippen molar-refractivity contribution in [1.29, 1.82) is 0 Å². The molecule has 0 aliphatic heterocycles. The van der Waals surface area contributed by atoms with E-state index in [0.29, 0.717) is 6.54 Å². The van der Waals surface area contributed by atoms with Crippen molar-refractivity contribution < 1.29 is 9.53 Å². The smallest absolute Gasteiger partial charge is 0.303 e. The maximum absolute atomic E-state index is 10.7. The van der Waals surface area contributed by atoms with Gasteiger partial charge in [-0.3, -0.25) is 4.79 Å². The SMILES string of the molecule is CC(=O)OC(CN)c1ccccc1.Cl. The van der Waals surface area contributed by atoms with Crippen LogP contribution in [-0.4, -0.2) is 12.5 Å². The van der Waals surface area contributed by atoms with Crippen LogP contribution >= 0.6 is 12.4 Å². The number of hydrogen-bond acceptors (Lipinski definition) is 3. The summed E-state index contributed by atoms with van der Waals surface area (Å²) in [6.45, 7) is 1.69. The summed E-state index contributed by atoms with van der Waals surface area (Å²) in [6, 6.07) is 9.47. The highest BCUT2D eigenvalue weighted by Crippen LogP contribution is 2.15. The Morgan fingerprint density at radius 3 is 2.43 bits per heavy atom. The van der Waals surface area contributed by atoms with Gasteiger partial charge in [0.05, 0.1) is 0 Å². The van der Waals surface area contributed by atoms with Gasteiger partial charge in [0.15, 0.2) is 0 Å². The van der Waals surface area contributed by atoms with Crippen LogP contribution in [0.15, 0.2) is 30.3 Å². The van der Waals surface area contributed by atoms with Crippen LogP contribution in [0.4, 0.5) is 0 Å². The highest BCUT2D eigenvalue weighted by molar-refractivity contribution is 5.85. The number of benzene rings is 1. The summed E-state index contributed by atoms with van der Waals surface area (Å²) in [6.07, 6.45) is -0.321. The molecule has 0 saturated carbocycles. The van der Waals surface area contributed by atoms with Crippen LogP contribution in [0.25, 0.3) is 0 Å². The second kappa shape index (κ2) is 6.40. The van der Waals surface area contributed by atoms with Crippen LogP contribution < -0.4 is 5.73 Å². The lowest BCUT2D eigenvalue weighted by atomic mass is 10.1. The Morgan fingerprint density at radius 1 is 1.43 bits per heavy atom. The van der Waals surface area contributed by atoms with Crippen LogP contribution in [0, 0.1) is 0 Å². The summed E-state index contributed by atoms with van der Waals surface area (Å²) in [5.74, 6) is -0.306. The van der Waals surface area contributed by atoms with Gasteiger partial charge in [0, 0.05) is 13.5 Å². The van der Waals surface area contributed by atoms with Crippen molar-refractivity contribution in [3.05, 3.63) is 35.9 Å². The Morgan fingerprint density at radius 2 is 2.00 bits per heavy atom. The van der Waals surface area contributed by atoms with Crippen LogP contribution in [0.5, 0.6) is 0 Å². The van der Waals surface area contributed by atoms with E-state index in [2.05, 4.69) is 0 Å². The van der Waals surface area contributed by atoms with E-state index in [1.807, 2.05) is 30.3 Å². The maximum atomic E-state index is 10.7. The van der Waals surface area contributed by atoms with Crippen LogP contribution in [-0.2, 0) is 9.53 Å². The average Bonchev–Trinajstić information content (AvgIpc) is 2.15. The van der Waals surface area contributed by atoms with Crippen LogP contribution in [0.2, 0.25) is 0 Å². The zero-order valence-corrected chi connectivity index (χ0v) is 8.79. The third-order valence-electron chi connectivity index (χ3n) is 1.69. The van der Waals surface area contributed by atoms with Gasteiger partial charge in [-0.05, 0) is 5.56 Å². The minimum Gasteiger partial charge on any atom is -0.456 e. The summed E-state index contributed by atoms with van der Waals surface area (Å²) in [5.41, 5.74) is 6.41. The summed E-state index contributed by atoms with van der Waals surface area (Å²) >= 11 is 0. The van der Waals surface area contributed by atoms with Crippen molar-refractivity contribution in [3.63, 3.8) is 0 Å². The molecule has 0 aliphatic rings.